The molecular formula is C17H21F3N2O. The van der Waals surface area contributed by atoms with Gasteiger partial charge in [0.05, 0.1) is 11.3 Å². The molecule has 0 unspecified atom stereocenters. The summed E-state index contributed by atoms with van der Waals surface area (Å²) in [6, 6.07) is 1.75. The minimum atomic E-state index is -4.37. The summed E-state index contributed by atoms with van der Waals surface area (Å²) < 4.78 is 45.0. The predicted octanol–water partition coefficient (Wildman–Crippen LogP) is 4.94. The van der Waals surface area contributed by atoms with Crippen LogP contribution in [0.15, 0.2) is 48.6 Å². The van der Waals surface area contributed by atoms with E-state index in [0.717, 1.165) is 23.4 Å². The van der Waals surface area contributed by atoms with Crippen molar-refractivity contribution in [1.29, 1.82) is 0 Å². The van der Waals surface area contributed by atoms with E-state index in [1.807, 2.05) is 13.8 Å². The van der Waals surface area contributed by atoms with Gasteiger partial charge in [0, 0.05) is 12.6 Å². The van der Waals surface area contributed by atoms with Crippen LogP contribution in [-0.2, 0) is 6.54 Å². The van der Waals surface area contributed by atoms with Crippen LogP contribution in [0, 0.1) is 0 Å². The molecule has 1 aromatic rings. The summed E-state index contributed by atoms with van der Waals surface area (Å²) in [6.07, 6.45) is -1.07. The molecule has 0 N–H and O–H groups in total. The van der Waals surface area contributed by atoms with Gasteiger partial charge in [-0.25, -0.2) is 4.68 Å². The fraction of sp³-hybridized carbons (Fsp3) is 0.353. The molecule has 1 aromatic heterocycles. The normalized spacial score (nSPS) is 12.7. The van der Waals surface area contributed by atoms with Gasteiger partial charge in [0.1, 0.15) is 6.61 Å². The summed E-state index contributed by atoms with van der Waals surface area (Å²) >= 11 is 0. The van der Waals surface area contributed by atoms with Crippen molar-refractivity contribution >= 4 is 5.57 Å². The van der Waals surface area contributed by atoms with Crippen LogP contribution in [0.3, 0.4) is 0 Å². The molecule has 0 amide bonds. The van der Waals surface area contributed by atoms with Crippen molar-refractivity contribution in [2.75, 3.05) is 6.61 Å². The van der Waals surface area contributed by atoms with Crippen molar-refractivity contribution in [2.45, 2.75) is 33.5 Å². The summed E-state index contributed by atoms with van der Waals surface area (Å²) in [7, 11) is 0. The van der Waals surface area contributed by atoms with Crippen molar-refractivity contribution in [3.05, 3.63) is 54.3 Å². The third kappa shape index (κ3) is 5.47. The third-order valence-corrected chi connectivity index (χ3v) is 3.02. The second-order valence-corrected chi connectivity index (χ2v) is 4.99. The Morgan fingerprint density at radius 2 is 2.00 bits per heavy atom. The monoisotopic (exact) mass is 326 g/mol. The average Bonchev–Trinajstić information content (AvgIpc) is 2.87. The molecule has 23 heavy (non-hydrogen) atoms. The molecule has 0 saturated carbocycles. The fourth-order valence-corrected chi connectivity index (χ4v) is 1.73. The lowest BCUT2D eigenvalue weighted by Crippen LogP contribution is -2.10. The largest absolute Gasteiger partial charge is 0.473 e. The molecule has 0 fully saturated rings. The first kappa shape index (κ1) is 18.8. The Balaban J connectivity index is 2.72. The van der Waals surface area contributed by atoms with Crippen LogP contribution in [0.4, 0.5) is 13.2 Å². The van der Waals surface area contributed by atoms with Gasteiger partial charge in [-0.2, -0.15) is 18.3 Å². The van der Waals surface area contributed by atoms with Gasteiger partial charge in [-0.1, -0.05) is 25.3 Å². The highest BCUT2D eigenvalue weighted by Gasteiger charge is 2.30. The maximum Gasteiger partial charge on any atom is 0.416 e. The minimum Gasteiger partial charge on any atom is -0.473 e. The molecule has 0 aliphatic heterocycles. The summed E-state index contributed by atoms with van der Waals surface area (Å²) in [5.41, 5.74) is 1.23. The van der Waals surface area contributed by atoms with Crippen LogP contribution in [0.1, 0.15) is 26.5 Å². The summed E-state index contributed by atoms with van der Waals surface area (Å²) in [6.45, 7) is 13.3. The molecule has 0 atom stereocenters. The van der Waals surface area contributed by atoms with Gasteiger partial charge in [-0.15, -0.1) is 0 Å². The Labute approximate surface area is 134 Å². The Kier molecular flexibility index (Phi) is 6.42. The van der Waals surface area contributed by atoms with Crippen LogP contribution < -0.4 is 4.74 Å². The Morgan fingerprint density at radius 3 is 2.48 bits per heavy atom. The van der Waals surface area contributed by atoms with Gasteiger partial charge in [-0.3, -0.25) is 0 Å². The number of alkyl halides is 3. The molecule has 0 radical (unpaired) electrons. The standard InChI is InChI=1S/C17H21F3N2O/c1-6-14(17(18,19)20)9-8-13(5)11-23-16-10-15(12(3)4)21-22(16)7-2/h6,8-10H,3,5,7,11H2,1-2,4H3/b9-8-,14-6+. The number of allylic oxidation sites excluding steroid dienone is 4. The molecule has 6 heteroatoms. The lowest BCUT2D eigenvalue weighted by atomic mass is 10.2. The summed E-state index contributed by atoms with van der Waals surface area (Å²) in [4.78, 5) is 0. The number of aromatic nitrogens is 2. The van der Waals surface area contributed by atoms with E-state index in [0.29, 0.717) is 18.0 Å². The Morgan fingerprint density at radius 1 is 1.35 bits per heavy atom. The second-order valence-electron chi connectivity index (χ2n) is 4.99. The van der Waals surface area contributed by atoms with Crippen LogP contribution in [0.25, 0.3) is 5.57 Å². The molecule has 0 aliphatic carbocycles. The maximum absolute atomic E-state index is 12.6. The average molecular weight is 326 g/mol. The number of hydrogen-bond acceptors (Lipinski definition) is 2. The lowest BCUT2D eigenvalue weighted by Gasteiger charge is -2.08. The second kappa shape index (κ2) is 7.85. The molecule has 0 saturated heterocycles. The van der Waals surface area contributed by atoms with E-state index in [1.165, 1.54) is 13.0 Å². The number of halogens is 3. The maximum atomic E-state index is 12.6. The number of aryl methyl sites for hydroxylation is 1. The number of rotatable bonds is 7. The van der Waals surface area contributed by atoms with E-state index in [9.17, 15) is 13.2 Å². The van der Waals surface area contributed by atoms with Crippen molar-refractivity contribution in [3.63, 3.8) is 0 Å². The highest BCUT2D eigenvalue weighted by Crippen LogP contribution is 2.26. The van der Waals surface area contributed by atoms with Gasteiger partial charge < -0.3 is 4.74 Å². The molecule has 126 valence electrons. The lowest BCUT2D eigenvalue weighted by molar-refractivity contribution is -0.0883. The van der Waals surface area contributed by atoms with Gasteiger partial charge in [0.25, 0.3) is 0 Å². The smallest absolute Gasteiger partial charge is 0.416 e. The van der Waals surface area contributed by atoms with E-state index in [1.54, 1.807) is 10.7 Å². The molecule has 1 heterocycles. The zero-order chi connectivity index (χ0) is 17.6. The number of hydrogen-bond donors (Lipinski definition) is 0. The third-order valence-electron chi connectivity index (χ3n) is 3.02. The van der Waals surface area contributed by atoms with Gasteiger partial charge >= 0.3 is 6.18 Å². The first-order valence-corrected chi connectivity index (χ1v) is 7.15. The zero-order valence-electron chi connectivity index (χ0n) is 13.6. The first-order chi connectivity index (χ1) is 10.7. The Bertz CT molecular complexity index is 637. The van der Waals surface area contributed by atoms with Crippen LogP contribution >= 0.6 is 0 Å². The SMILES string of the molecule is C=C(/C=C\C(=C/C)C(F)(F)F)COc1cc(C(=C)C)nn1CC. The Hall–Kier alpha value is -2.24. The van der Waals surface area contributed by atoms with E-state index in [2.05, 4.69) is 18.3 Å². The summed E-state index contributed by atoms with van der Waals surface area (Å²) in [5, 5.41) is 4.31. The molecule has 1 rings (SSSR count). The van der Waals surface area contributed by atoms with Gasteiger partial charge in [0.2, 0.25) is 5.88 Å². The first-order valence-electron chi connectivity index (χ1n) is 7.15. The van der Waals surface area contributed by atoms with Crippen molar-refractivity contribution in [2.24, 2.45) is 0 Å². The van der Waals surface area contributed by atoms with Crippen molar-refractivity contribution < 1.29 is 17.9 Å². The quantitative estimate of drug-likeness (QED) is 0.664. The van der Waals surface area contributed by atoms with Crippen molar-refractivity contribution in [3.8, 4) is 5.88 Å². The molecule has 0 aliphatic rings. The topological polar surface area (TPSA) is 27.1 Å². The van der Waals surface area contributed by atoms with Gasteiger partial charge in [-0.05, 0) is 38.0 Å². The van der Waals surface area contributed by atoms with Crippen molar-refractivity contribution in [1.82, 2.24) is 9.78 Å². The van der Waals surface area contributed by atoms with Gasteiger partial charge in [0.15, 0.2) is 0 Å². The van der Waals surface area contributed by atoms with E-state index >= 15 is 0 Å². The van der Waals surface area contributed by atoms with E-state index in [4.69, 9.17) is 4.74 Å². The highest BCUT2D eigenvalue weighted by molar-refractivity contribution is 5.58. The summed E-state index contributed by atoms with van der Waals surface area (Å²) in [5.74, 6) is 0.530. The van der Waals surface area contributed by atoms with Crippen LogP contribution in [0.5, 0.6) is 5.88 Å². The molecule has 3 nitrogen and oxygen atoms in total. The van der Waals surface area contributed by atoms with Crippen LogP contribution in [0.2, 0.25) is 0 Å². The fourth-order valence-electron chi connectivity index (χ4n) is 1.73. The number of ether oxygens (including phenoxy) is 1. The van der Waals surface area contributed by atoms with E-state index in [-0.39, 0.29) is 6.61 Å². The van der Waals surface area contributed by atoms with Crippen LogP contribution in [-0.4, -0.2) is 22.6 Å². The number of nitrogens with zero attached hydrogens (tertiary/aromatic N) is 2. The predicted molar refractivity (Wildman–Crippen MR) is 86.2 cm³/mol. The molecule has 0 bridgehead atoms. The molecule has 0 spiro atoms. The minimum absolute atomic E-state index is 0.0761. The molecule has 0 aromatic carbocycles. The van der Waals surface area contributed by atoms with E-state index < -0.39 is 11.7 Å². The zero-order valence-corrected chi connectivity index (χ0v) is 13.6. The highest BCUT2D eigenvalue weighted by atomic mass is 19.4. The molecular weight excluding hydrogens is 305 g/mol.